The highest BCUT2D eigenvalue weighted by atomic mass is 28.2. The second-order valence-corrected chi connectivity index (χ2v) is 8.10. The maximum absolute atomic E-state index is 2.73. The van der Waals surface area contributed by atoms with Crippen molar-refractivity contribution in [1.82, 2.24) is 9.80 Å². The fraction of sp³-hybridized carbons (Fsp3) is 0.889. The van der Waals surface area contributed by atoms with Crippen LogP contribution in [-0.4, -0.2) is 51.7 Å². The highest BCUT2D eigenvalue weighted by Crippen LogP contribution is 2.14. The molecule has 0 unspecified atom stereocenters. The van der Waals surface area contributed by atoms with Gasteiger partial charge in [0, 0.05) is 9.52 Å². The van der Waals surface area contributed by atoms with Gasteiger partial charge in [-0.15, -0.1) is 5.70 Å². The molecule has 3 heteroatoms. The van der Waals surface area contributed by atoms with E-state index in [-0.39, 0.29) is 9.52 Å². The number of rotatable bonds is 14. The van der Waals surface area contributed by atoms with Crippen LogP contribution in [0.15, 0.2) is 11.8 Å². The Morgan fingerprint density at radius 1 is 0.762 bits per heavy atom. The molecule has 0 spiro atoms. The summed E-state index contributed by atoms with van der Waals surface area (Å²) in [6, 6.07) is 1.39. The third-order valence-electron chi connectivity index (χ3n) is 3.86. The Kier molecular flexibility index (Phi) is 14.7. The van der Waals surface area contributed by atoms with E-state index >= 15 is 0 Å². The Morgan fingerprint density at radius 3 is 1.52 bits per heavy atom. The first-order valence-electron chi connectivity index (χ1n) is 9.37. The van der Waals surface area contributed by atoms with Crippen molar-refractivity contribution in [3.63, 3.8) is 0 Å². The molecule has 0 aromatic heterocycles. The predicted octanol–water partition coefficient (Wildman–Crippen LogP) is 4.07. The summed E-state index contributed by atoms with van der Waals surface area (Å²) in [6.45, 7) is 16.5. The Labute approximate surface area is 136 Å². The topological polar surface area (TPSA) is 6.48 Å². The highest BCUT2D eigenvalue weighted by molar-refractivity contribution is 6.41. The molecular weight excluding hydrogens is 272 g/mol. The van der Waals surface area contributed by atoms with E-state index in [1.165, 1.54) is 64.3 Å². The predicted molar refractivity (Wildman–Crippen MR) is 101 cm³/mol. The van der Waals surface area contributed by atoms with Crippen LogP contribution in [0.25, 0.3) is 0 Å². The first-order chi connectivity index (χ1) is 10.2. The largest absolute Gasteiger partial charge is 0.288 e. The smallest absolute Gasteiger partial charge is 0.0657 e. The van der Waals surface area contributed by atoms with Gasteiger partial charge in [-0.1, -0.05) is 46.7 Å². The molecule has 0 fully saturated rings. The lowest BCUT2D eigenvalue weighted by Gasteiger charge is -2.39. The Morgan fingerprint density at radius 2 is 1.19 bits per heavy atom. The Bertz CT molecular complexity index is 215. The molecule has 0 radical (unpaired) electrons. The van der Waals surface area contributed by atoms with Crippen molar-refractivity contribution < 1.29 is 0 Å². The second-order valence-electron chi connectivity index (χ2n) is 6.05. The van der Waals surface area contributed by atoms with Crippen molar-refractivity contribution in [3.8, 4) is 0 Å². The maximum atomic E-state index is 2.73. The summed E-state index contributed by atoms with van der Waals surface area (Å²) in [6.07, 6.45) is 9.36. The minimum Gasteiger partial charge on any atom is -0.288 e. The van der Waals surface area contributed by atoms with Gasteiger partial charge in [-0.05, 0) is 58.3 Å². The molecule has 0 atom stereocenters. The summed E-state index contributed by atoms with van der Waals surface area (Å²) in [5.41, 5.74) is 2.51. The van der Waals surface area contributed by atoms with E-state index in [4.69, 9.17) is 0 Å². The molecule has 0 aromatic carbocycles. The summed E-state index contributed by atoms with van der Waals surface area (Å²) in [5, 5.41) is 0. The molecule has 0 N–H and O–H groups in total. The van der Waals surface area contributed by atoms with E-state index in [1.54, 1.807) is 0 Å². The zero-order valence-electron chi connectivity index (χ0n) is 15.4. The Hall–Kier alpha value is -0.123. The fourth-order valence-electron chi connectivity index (χ4n) is 3.00. The van der Waals surface area contributed by atoms with Crippen LogP contribution >= 0.6 is 0 Å². The third kappa shape index (κ3) is 9.49. The van der Waals surface area contributed by atoms with Gasteiger partial charge in [0.05, 0.1) is 6.17 Å². The molecular formula is C18H40N2Si. The molecule has 2 nitrogen and oxygen atoms in total. The lowest BCUT2D eigenvalue weighted by Crippen LogP contribution is -2.49. The fourth-order valence-corrected chi connectivity index (χ4v) is 3.76. The van der Waals surface area contributed by atoms with E-state index in [9.17, 15) is 0 Å². The molecule has 0 heterocycles. The van der Waals surface area contributed by atoms with Gasteiger partial charge in [0.1, 0.15) is 0 Å². The van der Waals surface area contributed by atoms with Crippen LogP contribution < -0.4 is 0 Å². The van der Waals surface area contributed by atoms with Gasteiger partial charge < -0.3 is 0 Å². The van der Waals surface area contributed by atoms with Crippen molar-refractivity contribution in [3.05, 3.63) is 11.8 Å². The molecule has 0 aromatic rings. The first-order valence-corrected chi connectivity index (χ1v) is 11.2. The molecule has 0 rings (SSSR count). The molecule has 0 bridgehead atoms. The van der Waals surface area contributed by atoms with Crippen LogP contribution in [0.1, 0.15) is 66.7 Å². The van der Waals surface area contributed by atoms with Gasteiger partial charge in [0.15, 0.2) is 0 Å². The summed E-state index contributed by atoms with van der Waals surface area (Å²) >= 11 is 0. The maximum Gasteiger partial charge on any atom is 0.0657 e. The monoisotopic (exact) mass is 312 g/mol. The number of hydrogen-bond acceptors (Lipinski definition) is 2. The van der Waals surface area contributed by atoms with E-state index in [1.807, 2.05) is 0 Å². The third-order valence-corrected chi connectivity index (χ3v) is 5.10. The zero-order chi connectivity index (χ0) is 15.9. The van der Waals surface area contributed by atoms with Gasteiger partial charge >= 0.3 is 0 Å². The minimum absolute atomic E-state index is 0.0660. The van der Waals surface area contributed by atoms with Gasteiger partial charge in [0.25, 0.3) is 0 Å². The number of nitrogens with zero attached hydrogens (tertiary/aromatic N) is 2. The van der Waals surface area contributed by atoms with Crippen LogP contribution in [-0.2, 0) is 0 Å². The Balaban J connectivity index is 4.89. The van der Waals surface area contributed by atoms with Crippen LogP contribution in [0.2, 0.25) is 6.04 Å². The molecule has 126 valence electrons. The summed E-state index contributed by atoms with van der Waals surface area (Å²) < 4.78 is 0. The van der Waals surface area contributed by atoms with E-state index in [0.717, 1.165) is 0 Å². The minimum atomic E-state index is 0.0660. The second kappa shape index (κ2) is 14.8. The zero-order valence-corrected chi connectivity index (χ0v) is 16.8. The standard InChI is InChI=1S/C18H40N2Si/c1-6-13-19(14-7-2)18(12-11-17-21-10-5)20(15-8-3)16-9-4/h11,17-18H,6-10,12-16,21H2,1-5H3. The molecule has 21 heavy (non-hydrogen) atoms. The molecule has 0 saturated heterocycles. The van der Waals surface area contributed by atoms with Crippen LogP contribution in [0.5, 0.6) is 0 Å². The lowest BCUT2D eigenvalue weighted by atomic mass is 10.2. The average Bonchev–Trinajstić information content (AvgIpc) is 2.47. The summed E-state index contributed by atoms with van der Waals surface area (Å²) in [7, 11) is 0.0660. The van der Waals surface area contributed by atoms with Crippen molar-refractivity contribution >= 4 is 9.52 Å². The first kappa shape index (κ1) is 20.9. The van der Waals surface area contributed by atoms with Gasteiger partial charge in [-0.25, -0.2) is 0 Å². The SMILES string of the molecule is CCCN(CCC)C(CC=C[SiH2]CC)N(CCC)CCC. The summed E-state index contributed by atoms with van der Waals surface area (Å²) in [5.74, 6) is 0. The van der Waals surface area contributed by atoms with E-state index in [0.29, 0.717) is 6.17 Å². The summed E-state index contributed by atoms with van der Waals surface area (Å²) in [4.78, 5) is 5.45. The average molecular weight is 313 g/mol. The molecule has 0 aliphatic carbocycles. The van der Waals surface area contributed by atoms with Crippen LogP contribution in [0.3, 0.4) is 0 Å². The van der Waals surface area contributed by atoms with Crippen LogP contribution in [0, 0.1) is 0 Å². The van der Waals surface area contributed by atoms with Gasteiger partial charge in [-0.3, -0.25) is 9.80 Å². The quantitative estimate of drug-likeness (QED) is 0.352. The highest BCUT2D eigenvalue weighted by Gasteiger charge is 2.22. The lowest BCUT2D eigenvalue weighted by molar-refractivity contribution is 0.0429. The van der Waals surface area contributed by atoms with Crippen molar-refractivity contribution in [2.45, 2.75) is 78.9 Å². The van der Waals surface area contributed by atoms with E-state index in [2.05, 4.69) is 56.2 Å². The number of hydrogen-bond donors (Lipinski definition) is 0. The van der Waals surface area contributed by atoms with Gasteiger partial charge in [0.2, 0.25) is 0 Å². The van der Waals surface area contributed by atoms with Gasteiger partial charge in [-0.2, -0.15) is 0 Å². The van der Waals surface area contributed by atoms with Crippen molar-refractivity contribution in [2.75, 3.05) is 26.2 Å². The molecule has 0 aliphatic rings. The molecule has 0 saturated carbocycles. The molecule has 0 aliphatic heterocycles. The van der Waals surface area contributed by atoms with E-state index < -0.39 is 0 Å². The van der Waals surface area contributed by atoms with Crippen molar-refractivity contribution in [2.24, 2.45) is 0 Å². The molecule has 0 amide bonds. The van der Waals surface area contributed by atoms with Crippen LogP contribution in [0.4, 0.5) is 0 Å². The normalized spacial score (nSPS) is 13.0. The van der Waals surface area contributed by atoms with Crippen molar-refractivity contribution in [1.29, 1.82) is 0 Å².